The number of fused-ring (bicyclic) bond motifs is 6. The fourth-order valence-corrected chi connectivity index (χ4v) is 8.92. The van der Waals surface area contributed by atoms with Gasteiger partial charge in [0, 0.05) is 11.8 Å². The number of hydrogen-bond donors (Lipinski definition) is 0. The summed E-state index contributed by atoms with van der Waals surface area (Å²) in [6.45, 7) is 4.47. The lowest BCUT2D eigenvalue weighted by Gasteiger charge is -2.25. The van der Waals surface area contributed by atoms with Crippen LogP contribution in [0, 0.1) is 13.8 Å². The zero-order valence-electron chi connectivity index (χ0n) is 24.6. The van der Waals surface area contributed by atoms with E-state index < -0.39 is 0 Å². The van der Waals surface area contributed by atoms with Gasteiger partial charge in [-0.2, -0.15) is 0 Å². The summed E-state index contributed by atoms with van der Waals surface area (Å²) in [6.07, 6.45) is 0. The average molecular weight is 604 g/mol. The van der Waals surface area contributed by atoms with Crippen molar-refractivity contribution in [1.82, 2.24) is 0 Å². The quantitative estimate of drug-likeness (QED) is 0.176. The summed E-state index contributed by atoms with van der Waals surface area (Å²) in [7, 11) is 0. The Bertz CT molecular complexity index is 2150. The molecule has 2 heteroatoms. The van der Waals surface area contributed by atoms with Gasteiger partial charge in [-0.25, -0.2) is 0 Å². The van der Waals surface area contributed by atoms with Crippen molar-refractivity contribution in [1.29, 1.82) is 0 Å². The lowest BCUT2D eigenvalue weighted by molar-refractivity contribution is 1.20. The maximum absolute atomic E-state index is 6.84. The molecule has 0 radical (unpaired) electrons. The van der Waals surface area contributed by atoms with Gasteiger partial charge >= 0.3 is 0 Å². The first-order chi connectivity index (χ1) is 21.6. The highest BCUT2D eigenvalue weighted by Gasteiger charge is 2.28. The average Bonchev–Trinajstić information content (AvgIpc) is 3.57. The first kappa shape index (κ1) is 26.1. The minimum Gasteiger partial charge on any atom is -0.122 e. The lowest BCUT2D eigenvalue weighted by atomic mass is 9.80. The molecule has 44 heavy (non-hydrogen) atoms. The van der Waals surface area contributed by atoms with E-state index in [1.54, 1.807) is 0 Å². The molecule has 0 atom stereocenters. The molecule has 0 heterocycles. The molecule has 0 N–H and O–H groups in total. The molecule has 7 aromatic carbocycles. The predicted octanol–water partition coefficient (Wildman–Crippen LogP) is 12.7. The van der Waals surface area contributed by atoms with E-state index in [1.165, 1.54) is 99.4 Å². The second-order valence-corrected chi connectivity index (χ2v) is 12.6. The molecule has 0 nitrogen and oxygen atoms in total. The van der Waals surface area contributed by atoms with Gasteiger partial charge in [-0.05, 0) is 124 Å². The Balaban J connectivity index is 1.37. The van der Waals surface area contributed by atoms with Gasteiger partial charge in [0.2, 0.25) is 0 Å². The van der Waals surface area contributed by atoms with Crippen LogP contribution in [0.15, 0.2) is 109 Å². The standard InChI is InChI=1S/C42H28Cl2/c1-23-37(21-43)39(35-19-17-33-27-11-5-3-9-25(27)29-13-7-15-31(35)41(29)33)24(2)40(38(23)22-44)36-20-18-34-28-12-6-4-10-26(28)30-14-8-16-32(36)42(30)34/h3-20H,21-22H2,1-2H3. The summed E-state index contributed by atoms with van der Waals surface area (Å²) in [6, 6.07) is 40.2. The van der Waals surface area contributed by atoms with E-state index in [1.807, 2.05) is 0 Å². The van der Waals surface area contributed by atoms with Crippen molar-refractivity contribution in [2.45, 2.75) is 25.6 Å². The monoisotopic (exact) mass is 602 g/mol. The van der Waals surface area contributed by atoms with Gasteiger partial charge in [0.05, 0.1) is 0 Å². The van der Waals surface area contributed by atoms with Crippen LogP contribution in [0.4, 0.5) is 0 Å². The second kappa shape index (κ2) is 9.57. The topological polar surface area (TPSA) is 0 Å². The molecule has 9 rings (SSSR count). The first-order valence-electron chi connectivity index (χ1n) is 15.2. The van der Waals surface area contributed by atoms with Crippen molar-refractivity contribution in [2.24, 2.45) is 0 Å². The Morgan fingerprint density at radius 2 is 0.705 bits per heavy atom. The molecule has 2 aliphatic carbocycles. The van der Waals surface area contributed by atoms with Crippen molar-refractivity contribution in [3.8, 4) is 66.8 Å². The Morgan fingerprint density at radius 1 is 0.364 bits per heavy atom. The highest BCUT2D eigenvalue weighted by molar-refractivity contribution is 6.23. The maximum Gasteiger partial charge on any atom is 0.0483 e. The smallest absolute Gasteiger partial charge is 0.0483 e. The van der Waals surface area contributed by atoms with Crippen LogP contribution < -0.4 is 0 Å². The molecule has 2 aliphatic rings. The van der Waals surface area contributed by atoms with Gasteiger partial charge < -0.3 is 0 Å². The normalized spacial score (nSPS) is 12.3. The molecular weight excluding hydrogens is 575 g/mol. The van der Waals surface area contributed by atoms with Crippen LogP contribution in [0.3, 0.4) is 0 Å². The van der Waals surface area contributed by atoms with Gasteiger partial charge in [0.1, 0.15) is 0 Å². The Hall–Kier alpha value is -4.36. The maximum atomic E-state index is 6.84. The largest absolute Gasteiger partial charge is 0.122 e. The van der Waals surface area contributed by atoms with Crippen LogP contribution >= 0.6 is 23.2 Å². The third kappa shape index (κ3) is 3.31. The number of halogens is 2. The molecule has 7 aromatic rings. The molecule has 0 fully saturated rings. The number of rotatable bonds is 4. The molecule has 0 amide bonds. The van der Waals surface area contributed by atoms with Crippen molar-refractivity contribution >= 4 is 44.7 Å². The molecule has 0 aromatic heterocycles. The molecule has 0 saturated heterocycles. The van der Waals surface area contributed by atoms with Gasteiger partial charge in [0.25, 0.3) is 0 Å². The van der Waals surface area contributed by atoms with Crippen LogP contribution in [0.2, 0.25) is 0 Å². The summed E-state index contributed by atoms with van der Waals surface area (Å²) < 4.78 is 0. The third-order valence-electron chi connectivity index (χ3n) is 10.2. The zero-order chi connectivity index (χ0) is 29.7. The first-order valence-corrected chi connectivity index (χ1v) is 16.3. The Morgan fingerprint density at radius 3 is 1.09 bits per heavy atom. The minimum absolute atomic E-state index is 0.425. The van der Waals surface area contributed by atoms with Crippen molar-refractivity contribution in [3.05, 3.63) is 131 Å². The van der Waals surface area contributed by atoms with Gasteiger partial charge in [-0.3, -0.25) is 0 Å². The van der Waals surface area contributed by atoms with Gasteiger partial charge in [-0.1, -0.05) is 109 Å². The summed E-state index contributed by atoms with van der Waals surface area (Å²) in [5.41, 5.74) is 20.1. The number of alkyl halides is 2. The van der Waals surface area contributed by atoms with Crippen molar-refractivity contribution < 1.29 is 0 Å². The zero-order valence-corrected chi connectivity index (χ0v) is 26.1. The van der Waals surface area contributed by atoms with E-state index in [2.05, 4.69) is 123 Å². The van der Waals surface area contributed by atoms with E-state index in [-0.39, 0.29) is 0 Å². The molecule has 0 spiro atoms. The molecule has 0 bridgehead atoms. The summed E-state index contributed by atoms with van der Waals surface area (Å²) >= 11 is 13.7. The van der Waals surface area contributed by atoms with Crippen LogP contribution in [-0.2, 0) is 11.8 Å². The summed E-state index contributed by atoms with van der Waals surface area (Å²) in [5, 5.41) is 5.20. The summed E-state index contributed by atoms with van der Waals surface area (Å²) in [5.74, 6) is 0.850. The van der Waals surface area contributed by atoms with Gasteiger partial charge in [0.15, 0.2) is 0 Å². The van der Waals surface area contributed by atoms with E-state index in [4.69, 9.17) is 23.2 Å². The minimum atomic E-state index is 0.425. The fraction of sp³-hybridized carbons (Fsp3) is 0.0952. The fourth-order valence-electron chi connectivity index (χ4n) is 8.25. The number of hydrogen-bond acceptors (Lipinski definition) is 0. The van der Waals surface area contributed by atoms with Crippen LogP contribution in [0.25, 0.3) is 88.3 Å². The van der Waals surface area contributed by atoms with E-state index in [0.29, 0.717) is 11.8 Å². The van der Waals surface area contributed by atoms with E-state index >= 15 is 0 Å². The van der Waals surface area contributed by atoms with E-state index in [0.717, 1.165) is 11.1 Å². The summed E-state index contributed by atoms with van der Waals surface area (Å²) in [4.78, 5) is 0. The highest BCUT2D eigenvalue weighted by Crippen LogP contribution is 2.53. The lowest BCUT2D eigenvalue weighted by Crippen LogP contribution is -2.04. The van der Waals surface area contributed by atoms with Crippen molar-refractivity contribution in [2.75, 3.05) is 0 Å². The van der Waals surface area contributed by atoms with Crippen LogP contribution in [-0.4, -0.2) is 0 Å². The van der Waals surface area contributed by atoms with Gasteiger partial charge in [-0.15, -0.1) is 23.2 Å². The van der Waals surface area contributed by atoms with Crippen molar-refractivity contribution in [3.63, 3.8) is 0 Å². The Kier molecular flexibility index (Phi) is 5.67. The third-order valence-corrected chi connectivity index (χ3v) is 10.7. The molecule has 210 valence electrons. The molecule has 0 saturated carbocycles. The molecule has 0 aliphatic heterocycles. The van der Waals surface area contributed by atoms with Crippen LogP contribution in [0.5, 0.6) is 0 Å². The molecular formula is C42H28Cl2. The SMILES string of the molecule is Cc1c(CCl)c(-c2ccc3c4c(cccc24)-c2ccccc2-3)c(C)c(-c2ccc3c4c(cccc24)-c2ccccc2-3)c1CCl. The Labute approximate surface area is 267 Å². The second-order valence-electron chi connectivity index (χ2n) is 12.1. The predicted molar refractivity (Wildman–Crippen MR) is 190 cm³/mol. The van der Waals surface area contributed by atoms with Crippen LogP contribution in [0.1, 0.15) is 22.3 Å². The van der Waals surface area contributed by atoms with E-state index in [9.17, 15) is 0 Å². The highest BCUT2D eigenvalue weighted by atomic mass is 35.5. The molecule has 0 unspecified atom stereocenters. The number of benzene rings is 7.